The molecular weight excluding hydrogens is 536 g/mol. The number of amides is 1. The number of nitrogens with zero attached hydrogens (tertiary/aromatic N) is 6. The van der Waals surface area contributed by atoms with E-state index in [9.17, 15) is 4.79 Å². The van der Waals surface area contributed by atoms with Gasteiger partial charge in [0.15, 0.2) is 11.0 Å². The Morgan fingerprint density at radius 2 is 2.05 bits per heavy atom. The number of benzene rings is 1. The molecule has 1 aliphatic carbocycles. The average Bonchev–Trinajstić information content (AvgIpc) is 3.58. The Kier molecular flexibility index (Phi) is 6.56. The Morgan fingerprint density at radius 1 is 1.18 bits per heavy atom. The summed E-state index contributed by atoms with van der Waals surface area (Å²) in [6.07, 6.45) is 6.81. The molecule has 2 fully saturated rings. The van der Waals surface area contributed by atoms with E-state index in [0.717, 1.165) is 47.2 Å². The highest BCUT2D eigenvalue weighted by Gasteiger charge is 2.51. The fourth-order valence-corrected chi connectivity index (χ4v) is 8.26. The lowest BCUT2D eigenvalue weighted by atomic mass is 9.65. The molecule has 2 atom stereocenters. The largest absolute Gasteiger partial charge is 0.334 e. The summed E-state index contributed by atoms with van der Waals surface area (Å²) in [6, 6.07) is 11.8. The first-order chi connectivity index (χ1) is 18.2. The summed E-state index contributed by atoms with van der Waals surface area (Å²) in [4.78, 5) is 24.5. The highest BCUT2D eigenvalue weighted by molar-refractivity contribution is 7.98. The van der Waals surface area contributed by atoms with Crippen molar-refractivity contribution in [2.75, 3.05) is 6.54 Å². The van der Waals surface area contributed by atoms with E-state index in [1.54, 1.807) is 12.4 Å². The molecule has 1 saturated heterocycles. The summed E-state index contributed by atoms with van der Waals surface area (Å²) in [5.41, 5.74) is 2.75. The topological polar surface area (TPSA) is 76.8 Å². The van der Waals surface area contributed by atoms with Gasteiger partial charge in [0.1, 0.15) is 10.7 Å². The Labute approximate surface area is 235 Å². The van der Waals surface area contributed by atoms with E-state index in [1.807, 2.05) is 46.3 Å². The van der Waals surface area contributed by atoms with Gasteiger partial charge in [-0.25, -0.2) is 4.98 Å². The third-order valence-electron chi connectivity index (χ3n) is 7.39. The van der Waals surface area contributed by atoms with Crippen LogP contribution in [0.4, 0.5) is 0 Å². The first kappa shape index (κ1) is 25.5. The summed E-state index contributed by atoms with van der Waals surface area (Å²) in [7, 11) is 0. The SMILES string of the molecule is CC1(C)CC2CC(C)(CN2C(=O)c2csc(CSc3nnc(-c4cccnc4)n3-c3cccc(Cl)c3)n2)C1. The fraction of sp³-hybridized carbons (Fsp3) is 0.393. The van der Waals surface area contributed by atoms with Gasteiger partial charge in [-0.05, 0) is 60.4 Å². The van der Waals surface area contributed by atoms with Crippen LogP contribution in [0.1, 0.15) is 55.5 Å². The lowest BCUT2D eigenvalue weighted by Crippen LogP contribution is -2.37. The zero-order valence-electron chi connectivity index (χ0n) is 21.6. The molecule has 4 aromatic rings. The van der Waals surface area contributed by atoms with Gasteiger partial charge in [-0.3, -0.25) is 14.3 Å². The molecule has 0 N–H and O–H groups in total. The van der Waals surface area contributed by atoms with Gasteiger partial charge in [-0.2, -0.15) is 0 Å². The summed E-state index contributed by atoms with van der Waals surface area (Å²) < 4.78 is 1.99. The van der Waals surface area contributed by atoms with E-state index in [0.29, 0.717) is 28.3 Å². The summed E-state index contributed by atoms with van der Waals surface area (Å²) in [6.45, 7) is 7.80. The monoisotopic (exact) mass is 564 g/mol. The highest BCUT2D eigenvalue weighted by Crippen LogP contribution is 2.52. The van der Waals surface area contributed by atoms with Crippen LogP contribution in [0.2, 0.25) is 5.02 Å². The number of pyridine rings is 1. The highest BCUT2D eigenvalue weighted by atomic mass is 35.5. The fourth-order valence-electron chi connectivity index (χ4n) is 6.34. The quantitative estimate of drug-likeness (QED) is 0.240. The lowest BCUT2D eigenvalue weighted by molar-refractivity contribution is 0.0703. The van der Waals surface area contributed by atoms with Gasteiger partial charge in [0.25, 0.3) is 5.91 Å². The number of thiazole rings is 1. The molecule has 1 amide bonds. The molecule has 1 aromatic carbocycles. The van der Waals surface area contributed by atoms with Crippen molar-refractivity contribution in [1.29, 1.82) is 0 Å². The minimum absolute atomic E-state index is 0.0601. The van der Waals surface area contributed by atoms with E-state index in [-0.39, 0.29) is 16.7 Å². The molecule has 2 bridgehead atoms. The molecule has 0 spiro atoms. The Bertz CT molecular complexity index is 1490. The number of halogens is 1. The number of carbonyl (C=O) groups is 1. The molecule has 196 valence electrons. The Hall–Kier alpha value is -2.75. The van der Waals surface area contributed by atoms with Crippen molar-refractivity contribution in [3.63, 3.8) is 0 Å². The van der Waals surface area contributed by atoms with E-state index in [4.69, 9.17) is 16.6 Å². The maximum absolute atomic E-state index is 13.5. The smallest absolute Gasteiger partial charge is 0.273 e. The minimum atomic E-state index is 0.0601. The minimum Gasteiger partial charge on any atom is -0.334 e. The Morgan fingerprint density at radius 3 is 2.84 bits per heavy atom. The van der Waals surface area contributed by atoms with E-state index in [1.165, 1.54) is 23.1 Å². The van der Waals surface area contributed by atoms with Gasteiger partial charge in [0.2, 0.25) is 0 Å². The van der Waals surface area contributed by atoms with E-state index >= 15 is 0 Å². The van der Waals surface area contributed by atoms with Gasteiger partial charge in [0.05, 0.1) is 11.4 Å². The average molecular weight is 565 g/mol. The van der Waals surface area contributed by atoms with Crippen molar-refractivity contribution < 1.29 is 4.79 Å². The van der Waals surface area contributed by atoms with Crippen molar-refractivity contribution in [1.82, 2.24) is 29.6 Å². The number of fused-ring (bicyclic) bond motifs is 2. The molecule has 1 saturated carbocycles. The number of hydrogen-bond donors (Lipinski definition) is 0. The first-order valence-electron chi connectivity index (χ1n) is 12.7. The van der Waals surface area contributed by atoms with Crippen molar-refractivity contribution in [2.45, 2.75) is 57.0 Å². The lowest BCUT2D eigenvalue weighted by Gasteiger charge is -2.39. The zero-order valence-corrected chi connectivity index (χ0v) is 24.0. The second-order valence-corrected chi connectivity index (χ2v) is 13.7. The maximum atomic E-state index is 13.5. The van der Waals surface area contributed by atoms with Gasteiger partial charge < -0.3 is 4.90 Å². The van der Waals surface area contributed by atoms with Crippen molar-refractivity contribution in [3.8, 4) is 17.1 Å². The maximum Gasteiger partial charge on any atom is 0.273 e. The van der Waals surface area contributed by atoms with Crippen LogP contribution in [0.3, 0.4) is 0 Å². The van der Waals surface area contributed by atoms with Crippen LogP contribution in [0.5, 0.6) is 0 Å². The van der Waals surface area contributed by atoms with Gasteiger partial charge in [-0.15, -0.1) is 21.5 Å². The van der Waals surface area contributed by atoms with Crippen LogP contribution in [-0.4, -0.2) is 48.1 Å². The molecule has 2 unspecified atom stereocenters. The van der Waals surface area contributed by atoms with Crippen molar-refractivity contribution in [2.24, 2.45) is 10.8 Å². The molecule has 2 aliphatic rings. The third kappa shape index (κ3) is 4.99. The second kappa shape index (κ2) is 9.77. The number of hydrogen-bond acceptors (Lipinski definition) is 7. The van der Waals surface area contributed by atoms with Gasteiger partial charge in [-0.1, -0.05) is 50.2 Å². The van der Waals surface area contributed by atoms with Crippen LogP contribution in [-0.2, 0) is 5.75 Å². The third-order valence-corrected chi connectivity index (χ3v) is 9.60. The van der Waals surface area contributed by atoms with E-state index < -0.39 is 0 Å². The number of likely N-dealkylation sites (tertiary alicyclic amines) is 1. The molecule has 1 aliphatic heterocycles. The van der Waals surface area contributed by atoms with Crippen LogP contribution in [0.25, 0.3) is 17.1 Å². The van der Waals surface area contributed by atoms with Crippen LogP contribution in [0, 0.1) is 10.8 Å². The molecule has 3 aromatic heterocycles. The van der Waals surface area contributed by atoms with Crippen molar-refractivity contribution in [3.05, 3.63) is 69.9 Å². The molecule has 4 heterocycles. The van der Waals surface area contributed by atoms with Crippen molar-refractivity contribution >= 4 is 40.6 Å². The zero-order chi connectivity index (χ0) is 26.5. The second-order valence-electron chi connectivity index (χ2n) is 11.4. The normalized spacial score (nSPS) is 22.1. The molecule has 7 nitrogen and oxygen atoms in total. The van der Waals surface area contributed by atoms with Gasteiger partial charge >= 0.3 is 0 Å². The molecule has 0 radical (unpaired) electrons. The standard InChI is InChI=1S/C28H29ClN6OS2/c1-27(2)11-21-12-28(3,16-27)17-34(21)25(36)22-14-37-23(31-22)15-38-26-33-32-24(18-6-5-9-30-13-18)35(26)20-8-4-7-19(29)10-20/h4-10,13-14,21H,11-12,15-17H2,1-3H3. The van der Waals surface area contributed by atoms with Crippen LogP contribution in [0.15, 0.2) is 59.3 Å². The number of carbonyl (C=O) groups excluding carboxylic acids is 1. The number of thioether (sulfide) groups is 1. The van der Waals surface area contributed by atoms with Gasteiger partial charge in [0, 0.05) is 40.9 Å². The summed E-state index contributed by atoms with van der Waals surface area (Å²) in [5, 5.41) is 13.1. The molecule has 6 rings (SSSR count). The number of aromatic nitrogens is 5. The van der Waals surface area contributed by atoms with Crippen LogP contribution >= 0.6 is 34.7 Å². The molecular formula is C28H29ClN6OS2. The Balaban J connectivity index is 1.22. The summed E-state index contributed by atoms with van der Waals surface area (Å²) >= 11 is 9.37. The predicted octanol–water partition coefficient (Wildman–Crippen LogP) is 6.77. The molecule has 38 heavy (non-hydrogen) atoms. The number of rotatable bonds is 6. The molecule has 10 heteroatoms. The van der Waals surface area contributed by atoms with Crippen LogP contribution < -0.4 is 0 Å². The summed E-state index contributed by atoms with van der Waals surface area (Å²) in [5.74, 6) is 1.33. The first-order valence-corrected chi connectivity index (χ1v) is 14.9. The van der Waals surface area contributed by atoms with E-state index in [2.05, 4.69) is 40.9 Å². The predicted molar refractivity (Wildman–Crippen MR) is 152 cm³/mol.